The first-order chi connectivity index (χ1) is 7.81. The summed E-state index contributed by atoms with van der Waals surface area (Å²) in [5.74, 6) is 1.62. The first-order valence-corrected chi connectivity index (χ1v) is 6.60. The fraction of sp³-hybridized carbons (Fsp3) is 0.600. The van der Waals surface area contributed by atoms with E-state index in [4.69, 9.17) is 5.73 Å². The zero-order valence-electron chi connectivity index (χ0n) is 10.3. The lowest BCUT2D eigenvalue weighted by molar-refractivity contribution is 0.316. The summed E-state index contributed by atoms with van der Waals surface area (Å²) in [7, 11) is 0. The van der Waals surface area contributed by atoms with Gasteiger partial charge >= 0.3 is 0 Å². The summed E-state index contributed by atoms with van der Waals surface area (Å²) < 4.78 is 0. The molecule has 1 unspecified atom stereocenters. The van der Waals surface area contributed by atoms with Crippen LogP contribution >= 0.6 is 0 Å². The smallest absolute Gasteiger partial charge is 0.0178 e. The van der Waals surface area contributed by atoms with E-state index in [0.29, 0.717) is 12.5 Å². The highest BCUT2D eigenvalue weighted by atomic mass is 14.5. The van der Waals surface area contributed by atoms with Gasteiger partial charge in [-0.1, -0.05) is 50.5 Å². The maximum absolute atomic E-state index is 5.62. The molecule has 88 valence electrons. The summed E-state index contributed by atoms with van der Waals surface area (Å²) in [5.41, 5.74) is 8.34. The van der Waals surface area contributed by atoms with Gasteiger partial charge in [0.25, 0.3) is 0 Å². The fourth-order valence-corrected chi connectivity index (χ4v) is 2.86. The molecule has 1 nitrogen and oxygen atoms in total. The van der Waals surface area contributed by atoms with Gasteiger partial charge in [0.05, 0.1) is 0 Å². The van der Waals surface area contributed by atoms with Crippen LogP contribution in [-0.4, -0.2) is 0 Å². The lowest BCUT2D eigenvalue weighted by atomic mass is 9.78. The maximum Gasteiger partial charge on any atom is 0.0178 e. The molecule has 0 saturated heterocycles. The van der Waals surface area contributed by atoms with Crippen LogP contribution in [0.25, 0.3) is 0 Å². The first kappa shape index (κ1) is 11.7. The van der Waals surface area contributed by atoms with E-state index in [0.717, 1.165) is 5.92 Å². The Labute approximate surface area is 99.0 Å². The monoisotopic (exact) mass is 217 g/mol. The summed E-state index contributed by atoms with van der Waals surface area (Å²) in [5, 5.41) is 0. The Morgan fingerprint density at radius 3 is 2.31 bits per heavy atom. The van der Waals surface area contributed by atoms with Crippen molar-refractivity contribution in [2.45, 2.75) is 51.5 Å². The Bertz CT molecular complexity index is 309. The van der Waals surface area contributed by atoms with Crippen molar-refractivity contribution >= 4 is 0 Å². The van der Waals surface area contributed by atoms with E-state index in [1.165, 1.54) is 43.2 Å². The Balaban J connectivity index is 2.04. The van der Waals surface area contributed by atoms with Crippen LogP contribution in [0.1, 0.15) is 56.1 Å². The summed E-state index contributed by atoms with van der Waals surface area (Å²) >= 11 is 0. The predicted octanol–water partition coefficient (Wildman–Crippen LogP) is 3.83. The molecule has 1 aromatic rings. The molecule has 0 bridgehead atoms. The number of hydrogen-bond donors (Lipinski definition) is 1. The third-order valence-corrected chi connectivity index (χ3v) is 4.10. The van der Waals surface area contributed by atoms with Crippen LogP contribution in [0.15, 0.2) is 24.3 Å². The molecule has 1 aromatic carbocycles. The largest absolute Gasteiger partial charge is 0.326 e. The zero-order valence-corrected chi connectivity index (χ0v) is 10.3. The molecule has 0 aliphatic heterocycles. The molecule has 1 saturated carbocycles. The SMILES string of the molecule is CC(c1ccc(CN)cc1)C1CCCCC1. The Hall–Kier alpha value is -0.820. The molecule has 1 atom stereocenters. The molecule has 0 aromatic heterocycles. The molecular weight excluding hydrogens is 194 g/mol. The molecule has 2 rings (SSSR count). The Morgan fingerprint density at radius 2 is 1.75 bits per heavy atom. The Morgan fingerprint density at radius 1 is 1.12 bits per heavy atom. The van der Waals surface area contributed by atoms with Gasteiger partial charge in [-0.15, -0.1) is 0 Å². The van der Waals surface area contributed by atoms with Gasteiger partial charge < -0.3 is 5.73 Å². The summed E-state index contributed by atoms with van der Waals surface area (Å²) in [6, 6.07) is 8.88. The highest BCUT2D eigenvalue weighted by Gasteiger charge is 2.20. The van der Waals surface area contributed by atoms with Crippen LogP contribution in [0.4, 0.5) is 0 Å². The highest BCUT2D eigenvalue weighted by Crippen LogP contribution is 2.35. The molecule has 0 amide bonds. The molecule has 0 heterocycles. The van der Waals surface area contributed by atoms with Gasteiger partial charge in [-0.3, -0.25) is 0 Å². The molecule has 1 fully saturated rings. The van der Waals surface area contributed by atoms with Crippen molar-refractivity contribution in [3.63, 3.8) is 0 Å². The van der Waals surface area contributed by atoms with E-state index in [1.807, 2.05) is 0 Å². The number of benzene rings is 1. The number of rotatable bonds is 3. The van der Waals surface area contributed by atoms with Crippen LogP contribution in [0.3, 0.4) is 0 Å². The molecule has 1 aliphatic rings. The van der Waals surface area contributed by atoms with E-state index in [-0.39, 0.29) is 0 Å². The fourth-order valence-electron chi connectivity index (χ4n) is 2.86. The van der Waals surface area contributed by atoms with Crippen molar-refractivity contribution in [3.05, 3.63) is 35.4 Å². The van der Waals surface area contributed by atoms with Gasteiger partial charge in [-0.2, -0.15) is 0 Å². The minimum atomic E-state index is 0.651. The van der Waals surface area contributed by atoms with Crippen molar-refractivity contribution in [3.8, 4) is 0 Å². The molecular formula is C15H23N. The molecule has 1 aliphatic carbocycles. The lowest BCUT2D eigenvalue weighted by Crippen LogP contribution is -2.13. The van der Waals surface area contributed by atoms with E-state index >= 15 is 0 Å². The predicted molar refractivity (Wildman–Crippen MR) is 69.3 cm³/mol. The average Bonchev–Trinajstić information content (AvgIpc) is 2.39. The number of hydrogen-bond acceptors (Lipinski definition) is 1. The highest BCUT2D eigenvalue weighted by molar-refractivity contribution is 5.25. The zero-order chi connectivity index (χ0) is 11.4. The molecule has 1 heteroatoms. The minimum Gasteiger partial charge on any atom is -0.326 e. The van der Waals surface area contributed by atoms with Gasteiger partial charge in [-0.25, -0.2) is 0 Å². The molecule has 16 heavy (non-hydrogen) atoms. The van der Waals surface area contributed by atoms with E-state index in [2.05, 4.69) is 31.2 Å². The van der Waals surface area contributed by atoms with E-state index in [1.54, 1.807) is 0 Å². The van der Waals surface area contributed by atoms with Gasteiger partial charge in [0.1, 0.15) is 0 Å². The van der Waals surface area contributed by atoms with E-state index in [9.17, 15) is 0 Å². The second-order valence-electron chi connectivity index (χ2n) is 5.13. The van der Waals surface area contributed by atoms with Crippen molar-refractivity contribution in [2.75, 3.05) is 0 Å². The first-order valence-electron chi connectivity index (χ1n) is 6.60. The van der Waals surface area contributed by atoms with Gasteiger partial charge in [0.15, 0.2) is 0 Å². The standard InChI is InChI=1S/C15H23N/c1-12(14-5-3-2-4-6-14)15-9-7-13(11-16)8-10-15/h7-10,12,14H,2-6,11,16H2,1H3. The summed E-state index contributed by atoms with van der Waals surface area (Å²) in [4.78, 5) is 0. The molecule has 0 spiro atoms. The lowest BCUT2D eigenvalue weighted by Gasteiger charge is -2.28. The van der Waals surface area contributed by atoms with Crippen LogP contribution in [0.2, 0.25) is 0 Å². The quantitative estimate of drug-likeness (QED) is 0.818. The second kappa shape index (κ2) is 5.49. The van der Waals surface area contributed by atoms with Gasteiger partial charge in [0.2, 0.25) is 0 Å². The van der Waals surface area contributed by atoms with Crippen molar-refractivity contribution < 1.29 is 0 Å². The topological polar surface area (TPSA) is 26.0 Å². The summed E-state index contributed by atoms with van der Waals surface area (Å²) in [6.45, 7) is 3.03. The van der Waals surface area contributed by atoms with Crippen LogP contribution in [-0.2, 0) is 6.54 Å². The normalized spacial score (nSPS) is 19.6. The van der Waals surface area contributed by atoms with Crippen molar-refractivity contribution in [1.82, 2.24) is 0 Å². The van der Waals surface area contributed by atoms with Crippen molar-refractivity contribution in [1.29, 1.82) is 0 Å². The van der Waals surface area contributed by atoms with Crippen molar-refractivity contribution in [2.24, 2.45) is 11.7 Å². The molecule has 0 radical (unpaired) electrons. The summed E-state index contributed by atoms with van der Waals surface area (Å²) in [6.07, 6.45) is 7.13. The van der Waals surface area contributed by atoms with Crippen LogP contribution < -0.4 is 5.73 Å². The minimum absolute atomic E-state index is 0.651. The number of nitrogens with two attached hydrogens (primary N) is 1. The Kier molecular flexibility index (Phi) is 4.00. The average molecular weight is 217 g/mol. The third-order valence-electron chi connectivity index (χ3n) is 4.10. The second-order valence-corrected chi connectivity index (χ2v) is 5.13. The third kappa shape index (κ3) is 2.65. The van der Waals surface area contributed by atoms with Crippen LogP contribution in [0.5, 0.6) is 0 Å². The van der Waals surface area contributed by atoms with E-state index < -0.39 is 0 Å². The van der Waals surface area contributed by atoms with Crippen LogP contribution in [0, 0.1) is 5.92 Å². The van der Waals surface area contributed by atoms with Gasteiger partial charge in [-0.05, 0) is 35.8 Å². The molecule has 2 N–H and O–H groups in total. The van der Waals surface area contributed by atoms with Gasteiger partial charge in [0, 0.05) is 6.54 Å². The maximum atomic E-state index is 5.62.